The highest BCUT2D eigenvalue weighted by Gasteiger charge is 2.27. The zero-order chi connectivity index (χ0) is 19.9. The summed E-state index contributed by atoms with van der Waals surface area (Å²) in [6.45, 7) is 2.57. The van der Waals surface area contributed by atoms with Crippen LogP contribution in [0.2, 0.25) is 0 Å². The summed E-state index contributed by atoms with van der Waals surface area (Å²) in [7, 11) is 5.37. The number of ether oxygens (including phenoxy) is 2. The third kappa shape index (κ3) is 5.07. The van der Waals surface area contributed by atoms with Crippen molar-refractivity contribution in [3.8, 4) is 11.5 Å². The van der Waals surface area contributed by atoms with Crippen LogP contribution in [-0.4, -0.2) is 56.1 Å². The Kier molecular flexibility index (Phi) is 6.98. The summed E-state index contributed by atoms with van der Waals surface area (Å²) >= 11 is 0. The van der Waals surface area contributed by atoms with E-state index < -0.39 is 0 Å². The number of piperidine rings is 1. The molecule has 0 saturated carbocycles. The maximum Gasteiger partial charge on any atom is 0.223 e. The minimum atomic E-state index is 0.167. The minimum Gasteiger partial charge on any atom is -0.493 e. The quantitative estimate of drug-likeness (QED) is 0.696. The number of amides is 1. The van der Waals surface area contributed by atoms with E-state index in [0.717, 1.165) is 37.3 Å². The SMILES string of the molecule is COc1ccc(CCC(=O)N(Cc2ccco2)C2CCN(C)CC2)cc1OC. The molecule has 1 amide bonds. The first-order chi connectivity index (χ1) is 13.6. The van der Waals surface area contributed by atoms with Gasteiger partial charge in [-0.25, -0.2) is 0 Å². The molecule has 1 aromatic carbocycles. The van der Waals surface area contributed by atoms with Gasteiger partial charge in [0.1, 0.15) is 5.76 Å². The molecule has 1 saturated heterocycles. The molecule has 2 aromatic rings. The lowest BCUT2D eigenvalue weighted by Gasteiger charge is -2.37. The molecule has 1 fully saturated rings. The third-order valence-electron chi connectivity index (χ3n) is 5.43. The van der Waals surface area contributed by atoms with Gasteiger partial charge in [0.2, 0.25) is 5.91 Å². The number of likely N-dealkylation sites (tertiary alicyclic amines) is 1. The highest BCUT2D eigenvalue weighted by atomic mass is 16.5. The molecule has 0 atom stereocenters. The molecule has 6 heteroatoms. The molecule has 0 N–H and O–H groups in total. The van der Waals surface area contributed by atoms with Gasteiger partial charge in [-0.05, 0) is 69.2 Å². The van der Waals surface area contributed by atoms with Crippen LogP contribution >= 0.6 is 0 Å². The lowest BCUT2D eigenvalue weighted by molar-refractivity contribution is -0.135. The number of furan rings is 1. The van der Waals surface area contributed by atoms with Gasteiger partial charge < -0.3 is 23.7 Å². The van der Waals surface area contributed by atoms with Crippen molar-refractivity contribution >= 4 is 5.91 Å². The first-order valence-electron chi connectivity index (χ1n) is 9.82. The van der Waals surface area contributed by atoms with Gasteiger partial charge in [0.05, 0.1) is 27.0 Å². The molecule has 0 bridgehead atoms. The Labute approximate surface area is 167 Å². The van der Waals surface area contributed by atoms with Crippen LogP contribution in [0.3, 0.4) is 0 Å². The second kappa shape index (κ2) is 9.64. The van der Waals surface area contributed by atoms with Gasteiger partial charge in [-0.15, -0.1) is 0 Å². The topological polar surface area (TPSA) is 55.2 Å². The van der Waals surface area contributed by atoms with E-state index in [-0.39, 0.29) is 11.9 Å². The predicted octanol–water partition coefficient (Wildman–Crippen LogP) is 3.35. The lowest BCUT2D eigenvalue weighted by atomic mass is 10.0. The Morgan fingerprint density at radius 2 is 1.93 bits per heavy atom. The van der Waals surface area contributed by atoms with Crippen LogP contribution in [0.25, 0.3) is 0 Å². The van der Waals surface area contributed by atoms with E-state index >= 15 is 0 Å². The molecule has 0 radical (unpaired) electrons. The second-order valence-electron chi connectivity index (χ2n) is 7.32. The van der Waals surface area contributed by atoms with E-state index in [1.807, 2.05) is 35.2 Å². The van der Waals surface area contributed by atoms with Gasteiger partial charge in [-0.1, -0.05) is 6.07 Å². The van der Waals surface area contributed by atoms with Crippen LogP contribution in [0.4, 0.5) is 0 Å². The fourth-order valence-corrected chi connectivity index (χ4v) is 3.73. The molecule has 152 valence electrons. The van der Waals surface area contributed by atoms with Crippen molar-refractivity contribution in [1.29, 1.82) is 0 Å². The summed E-state index contributed by atoms with van der Waals surface area (Å²) in [5.41, 5.74) is 1.06. The highest BCUT2D eigenvalue weighted by Crippen LogP contribution is 2.28. The van der Waals surface area contributed by atoms with Gasteiger partial charge in [0, 0.05) is 12.5 Å². The number of carbonyl (C=O) groups is 1. The first kappa shape index (κ1) is 20.3. The molecule has 6 nitrogen and oxygen atoms in total. The fourth-order valence-electron chi connectivity index (χ4n) is 3.73. The number of methoxy groups -OCH3 is 2. The minimum absolute atomic E-state index is 0.167. The maximum absolute atomic E-state index is 13.1. The Bertz CT molecular complexity index is 752. The summed E-state index contributed by atoms with van der Waals surface area (Å²) in [6, 6.07) is 9.88. The Hall–Kier alpha value is -2.47. The van der Waals surface area contributed by atoms with Crippen molar-refractivity contribution in [1.82, 2.24) is 9.80 Å². The van der Waals surface area contributed by atoms with E-state index in [2.05, 4.69) is 11.9 Å². The van der Waals surface area contributed by atoms with Crippen LogP contribution in [0.15, 0.2) is 41.0 Å². The molecule has 0 spiro atoms. The summed E-state index contributed by atoms with van der Waals surface area (Å²) in [5, 5.41) is 0. The third-order valence-corrected chi connectivity index (χ3v) is 5.43. The molecule has 2 heterocycles. The van der Waals surface area contributed by atoms with E-state index in [9.17, 15) is 4.79 Å². The zero-order valence-corrected chi connectivity index (χ0v) is 17.0. The van der Waals surface area contributed by atoms with Crippen molar-refractivity contribution in [2.75, 3.05) is 34.4 Å². The van der Waals surface area contributed by atoms with Gasteiger partial charge in [0.25, 0.3) is 0 Å². The summed E-state index contributed by atoms with van der Waals surface area (Å²) < 4.78 is 16.2. The largest absolute Gasteiger partial charge is 0.493 e. The fraction of sp³-hybridized carbons (Fsp3) is 0.500. The highest BCUT2D eigenvalue weighted by molar-refractivity contribution is 5.76. The van der Waals surface area contributed by atoms with E-state index in [1.54, 1.807) is 20.5 Å². The lowest BCUT2D eigenvalue weighted by Crippen LogP contribution is -2.46. The van der Waals surface area contributed by atoms with Crippen molar-refractivity contribution < 1.29 is 18.7 Å². The molecule has 28 heavy (non-hydrogen) atoms. The zero-order valence-electron chi connectivity index (χ0n) is 17.0. The molecule has 1 aromatic heterocycles. The van der Waals surface area contributed by atoms with Crippen LogP contribution in [0.1, 0.15) is 30.6 Å². The van der Waals surface area contributed by atoms with Crippen LogP contribution < -0.4 is 9.47 Å². The number of carbonyl (C=O) groups excluding carboxylic acids is 1. The van der Waals surface area contributed by atoms with Gasteiger partial charge in [-0.2, -0.15) is 0 Å². The summed E-state index contributed by atoms with van der Waals surface area (Å²) in [5.74, 6) is 2.39. The number of nitrogens with zero attached hydrogens (tertiary/aromatic N) is 2. The smallest absolute Gasteiger partial charge is 0.223 e. The molecule has 3 rings (SSSR count). The number of benzene rings is 1. The van der Waals surface area contributed by atoms with Gasteiger partial charge in [-0.3, -0.25) is 4.79 Å². The molecule has 0 unspecified atom stereocenters. The number of hydrogen-bond donors (Lipinski definition) is 0. The van der Waals surface area contributed by atoms with E-state index in [4.69, 9.17) is 13.9 Å². The van der Waals surface area contributed by atoms with Crippen molar-refractivity contribution in [2.45, 2.75) is 38.3 Å². The van der Waals surface area contributed by atoms with Crippen molar-refractivity contribution in [3.05, 3.63) is 47.9 Å². The van der Waals surface area contributed by atoms with E-state index in [1.165, 1.54) is 0 Å². The number of hydrogen-bond acceptors (Lipinski definition) is 5. The average molecular weight is 386 g/mol. The first-order valence-corrected chi connectivity index (χ1v) is 9.82. The number of rotatable bonds is 8. The Morgan fingerprint density at radius 1 is 1.18 bits per heavy atom. The van der Waals surface area contributed by atoms with Crippen molar-refractivity contribution in [3.63, 3.8) is 0 Å². The maximum atomic E-state index is 13.1. The van der Waals surface area contributed by atoms with Gasteiger partial charge >= 0.3 is 0 Å². The average Bonchev–Trinajstić information content (AvgIpc) is 3.24. The second-order valence-corrected chi connectivity index (χ2v) is 7.32. The summed E-state index contributed by atoms with van der Waals surface area (Å²) in [6.07, 6.45) is 4.79. The van der Waals surface area contributed by atoms with Crippen LogP contribution in [-0.2, 0) is 17.8 Å². The standard InChI is InChI=1S/C22H30N2O4/c1-23-12-10-18(11-13-23)24(16-19-5-4-14-28-19)22(25)9-7-17-6-8-20(26-2)21(15-17)27-3/h4-6,8,14-15,18H,7,9-13,16H2,1-3H3. The molecular weight excluding hydrogens is 356 g/mol. The molecule has 1 aliphatic rings. The monoisotopic (exact) mass is 386 g/mol. The molecular formula is C22H30N2O4. The van der Waals surface area contributed by atoms with Crippen LogP contribution in [0, 0.1) is 0 Å². The summed E-state index contributed by atoms with van der Waals surface area (Å²) in [4.78, 5) is 17.4. The van der Waals surface area contributed by atoms with Crippen LogP contribution in [0.5, 0.6) is 11.5 Å². The Morgan fingerprint density at radius 3 is 2.57 bits per heavy atom. The van der Waals surface area contributed by atoms with Gasteiger partial charge in [0.15, 0.2) is 11.5 Å². The number of aryl methyl sites for hydroxylation is 1. The van der Waals surface area contributed by atoms with Crippen molar-refractivity contribution in [2.24, 2.45) is 0 Å². The Balaban J connectivity index is 1.67. The van der Waals surface area contributed by atoms with E-state index in [0.29, 0.717) is 30.9 Å². The molecule has 0 aliphatic carbocycles. The molecule has 1 aliphatic heterocycles. The predicted molar refractivity (Wildman–Crippen MR) is 108 cm³/mol. The normalized spacial score (nSPS) is 15.4.